The maximum Gasteiger partial charge on any atom is 0.236 e. The van der Waals surface area contributed by atoms with E-state index in [1.165, 1.54) is 40.1 Å². The molecule has 0 saturated heterocycles. The molecular weight excluding hydrogens is 427 g/mol. The van der Waals surface area contributed by atoms with E-state index in [9.17, 15) is 9.18 Å². The van der Waals surface area contributed by atoms with E-state index < -0.39 is 0 Å². The Kier molecular flexibility index (Phi) is 5.62. The summed E-state index contributed by atoms with van der Waals surface area (Å²) in [5.74, 6) is 0.486. The molecule has 0 radical (unpaired) electrons. The van der Waals surface area contributed by atoms with Crippen LogP contribution < -0.4 is 5.32 Å². The summed E-state index contributed by atoms with van der Waals surface area (Å²) in [5, 5.41) is 7.04. The number of benzene rings is 1. The maximum atomic E-state index is 13.1. The highest BCUT2D eigenvalue weighted by Gasteiger charge is 2.16. The van der Waals surface area contributed by atoms with E-state index >= 15 is 0 Å². The maximum absolute atomic E-state index is 13.1. The van der Waals surface area contributed by atoms with Gasteiger partial charge in [-0.1, -0.05) is 11.8 Å². The van der Waals surface area contributed by atoms with Crippen LogP contribution in [0.25, 0.3) is 21.5 Å². The molecule has 5 nitrogen and oxygen atoms in total. The first-order valence-corrected chi connectivity index (χ1v) is 11.5. The van der Waals surface area contributed by atoms with E-state index in [1.54, 1.807) is 23.5 Å². The average Bonchev–Trinajstić information content (AvgIpc) is 3.25. The normalized spacial score (nSPS) is 11.2. The second-order valence-corrected chi connectivity index (χ2v) is 9.45. The van der Waals surface area contributed by atoms with Crippen molar-refractivity contribution in [1.82, 2.24) is 15.0 Å². The molecule has 148 valence electrons. The molecule has 4 aromatic rings. The Labute approximate surface area is 179 Å². The van der Waals surface area contributed by atoms with E-state index in [1.807, 2.05) is 12.3 Å². The van der Waals surface area contributed by atoms with Gasteiger partial charge in [-0.05, 0) is 50.6 Å². The zero-order valence-corrected chi connectivity index (χ0v) is 18.4. The van der Waals surface area contributed by atoms with Crippen LogP contribution in [0.15, 0.2) is 34.7 Å². The highest BCUT2D eigenvalue weighted by atomic mass is 32.2. The van der Waals surface area contributed by atoms with Gasteiger partial charge in [-0.2, -0.15) is 0 Å². The van der Waals surface area contributed by atoms with Crippen LogP contribution in [0.2, 0.25) is 0 Å². The van der Waals surface area contributed by atoms with Gasteiger partial charge in [0.05, 0.1) is 11.4 Å². The second-order valence-electron chi connectivity index (χ2n) is 6.42. The van der Waals surface area contributed by atoms with Crippen molar-refractivity contribution in [1.29, 1.82) is 0 Å². The number of thioether (sulfide) groups is 1. The van der Waals surface area contributed by atoms with Crippen molar-refractivity contribution >= 4 is 55.7 Å². The first-order valence-electron chi connectivity index (χ1n) is 8.79. The monoisotopic (exact) mass is 444 g/mol. The summed E-state index contributed by atoms with van der Waals surface area (Å²) in [7, 11) is 0. The molecule has 0 saturated carbocycles. The Balaban J connectivity index is 1.45. The number of halogens is 1. The van der Waals surface area contributed by atoms with Gasteiger partial charge in [0.1, 0.15) is 21.5 Å². The number of nitrogens with one attached hydrogen (secondary N) is 1. The second kappa shape index (κ2) is 8.17. The smallest absolute Gasteiger partial charge is 0.236 e. The predicted octanol–water partition coefficient (Wildman–Crippen LogP) is 5.61. The summed E-state index contributed by atoms with van der Waals surface area (Å²) < 4.78 is 13.1. The number of aromatic nitrogens is 3. The van der Waals surface area contributed by atoms with Crippen LogP contribution in [0.1, 0.15) is 16.3 Å². The summed E-state index contributed by atoms with van der Waals surface area (Å²) in [5.41, 5.74) is 2.67. The third kappa shape index (κ3) is 4.31. The molecule has 4 rings (SSSR count). The highest BCUT2D eigenvalue weighted by molar-refractivity contribution is 8.00. The van der Waals surface area contributed by atoms with E-state index in [0.29, 0.717) is 16.6 Å². The van der Waals surface area contributed by atoms with Gasteiger partial charge < -0.3 is 5.32 Å². The number of hydrogen-bond acceptors (Lipinski definition) is 7. The Morgan fingerprint density at radius 1 is 1.14 bits per heavy atom. The summed E-state index contributed by atoms with van der Waals surface area (Å²) in [6.07, 6.45) is 0. The quantitative estimate of drug-likeness (QED) is 0.320. The fraction of sp³-hybridized carbons (Fsp3) is 0.200. The fourth-order valence-corrected chi connectivity index (χ4v) is 5.60. The van der Waals surface area contributed by atoms with Gasteiger partial charge in [-0.25, -0.2) is 19.3 Å². The van der Waals surface area contributed by atoms with Crippen LogP contribution in [0.4, 0.5) is 9.52 Å². The molecule has 1 N–H and O–H groups in total. The molecular formula is C20H17FN4OS3. The molecule has 0 bridgehead atoms. The van der Waals surface area contributed by atoms with Gasteiger partial charge in [-0.15, -0.1) is 22.7 Å². The van der Waals surface area contributed by atoms with E-state index in [-0.39, 0.29) is 17.5 Å². The molecule has 0 fully saturated rings. The van der Waals surface area contributed by atoms with Gasteiger partial charge >= 0.3 is 0 Å². The molecule has 0 spiro atoms. The number of nitrogens with zero attached hydrogens (tertiary/aromatic N) is 3. The minimum absolute atomic E-state index is 0.149. The lowest BCUT2D eigenvalue weighted by molar-refractivity contribution is -0.113. The van der Waals surface area contributed by atoms with Crippen molar-refractivity contribution in [3.8, 4) is 11.3 Å². The number of fused-ring (bicyclic) bond motifs is 1. The molecule has 0 unspecified atom stereocenters. The summed E-state index contributed by atoms with van der Waals surface area (Å²) in [4.78, 5) is 28.1. The van der Waals surface area contributed by atoms with Crippen LogP contribution in [-0.2, 0) is 4.79 Å². The van der Waals surface area contributed by atoms with Crippen LogP contribution in [0.3, 0.4) is 0 Å². The minimum atomic E-state index is -0.292. The molecule has 1 aromatic carbocycles. The zero-order valence-electron chi connectivity index (χ0n) is 15.9. The highest BCUT2D eigenvalue weighted by Crippen LogP contribution is 2.35. The third-order valence-electron chi connectivity index (χ3n) is 4.34. The molecule has 0 aliphatic carbocycles. The molecule has 3 heterocycles. The number of thiazole rings is 1. The zero-order chi connectivity index (χ0) is 20.5. The Morgan fingerprint density at radius 3 is 2.66 bits per heavy atom. The Morgan fingerprint density at radius 2 is 1.90 bits per heavy atom. The number of thiophene rings is 1. The van der Waals surface area contributed by atoms with Crippen LogP contribution >= 0.6 is 34.4 Å². The van der Waals surface area contributed by atoms with Crippen molar-refractivity contribution in [3.63, 3.8) is 0 Å². The van der Waals surface area contributed by atoms with Crippen LogP contribution in [-0.4, -0.2) is 26.6 Å². The molecule has 1 amide bonds. The number of amides is 1. The Bertz CT molecular complexity index is 1200. The van der Waals surface area contributed by atoms with Crippen LogP contribution in [0, 0.1) is 26.6 Å². The molecule has 9 heteroatoms. The van der Waals surface area contributed by atoms with E-state index in [2.05, 4.69) is 34.1 Å². The van der Waals surface area contributed by atoms with Gasteiger partial charge in [0.25, 0.3) is 0 Å². The lowest BCUT2D eigenvalue weighted by Gasteiger charge is -2.05. The summed E-state index contributed by atoms with van der Waals surface area (Å²) >= 11 is 4.39. The summed E-state index contributed by atoms with van der Waals surface area (Å²) in [6, 6.07) is 6.11. The molecule has 3 aromatic heterocycles. The Hall–Kier alpha value is -2.36. The number of rotatable bonds is 5. The lowest BCUT2D eigenvalue weighted by Crippen LogP contribution is -2.14. The molecule has 29 heavy (non-hydrogen) atoms. The first kappa shape index (κ1) is 19.9. The van der Waals surface area contributed by atoms with Crippen molar-refractivity contribution in [2.45, 2.75) is 25.8 Å². The van der Waals surface area contributed by atoms with Crippen molar-refractivity contribution in [3.05, 3.63) is 51.7 Å². The lowest BCUT2D eigenvalue weighted by atomic mass is 10.2. The number of hydrogen-bond donors (Lipinski definition) is 1. The van der Waals surface area contributed by atoms with Gasteiger partial charge in [-0.3, -0.25) is 4.79 Å². The van der Waals surface area contributed by atoms with Gasteiger partial charge in [0, 0.05) is 21.2 Å². The molecule has 0 aliphatic rings. The first-order chi connectivity index (χ1) is 13.9. The number of anilines is 1. The van der Waals surface area contributed by atoms with E-state index in [4.69, 9.17) is 0 Å². The topological polar surface area (TPSA) is 67.8 Å². The molecule has 0 aliphatic heterocycles. The minimum Gasteiger partial charge on any atom is -0.301 e. The van der Waals surface area contributed by atoms with Gasteiger partial charge in [0.15, 0.2) is 5.13 Å². The van der Waals surface area contributed by atoms with Crippen molar-refractivity contribution in [2.75, 3.05) is 11.1 Å². The largest absolute Gasteiger partial charge is 0.301 e. The summed E-state index contributed by atoms with van der Waals surface area (Å²) in [6.45, 7) is 5.99. The van der Waals surface area contributed by atoms with Crippen molar-refractivity contribution < 1.29 is 9.18 Å². The number of carbonyl (C=O) groups is 1. The van der Waals surface area contributed by atoms with Crippen LogP contribution in [0.5, 0.6) is 0 Å². The number of aryl methyl sites for hydroxylation is 3. The standard InChI is InChI=1S/C20H17FN4OS3/c1-10-11(2)29-19-17(10)18(22-12(3)23-19)27-9-16(26)25-20-24-15(8-28-20)13-4-6-14(21)7-5-13/h4-8H,9H2,1-3H3,(H,24,25,26). The number of carbonyl (C=O) groups excluding carboxylic acids is 1. The van der Waals surface area contributed by atoms with Crippen molar-refractivity contribution in [2.24, 2.45) is 0 Å². The fourth-order valence-electron chi connectivity index (χ4n) is 2.79. The predicted molar refractivity (Wildman–Crippen MR) is 118 cm³/mol. The average molecular weight is 445 g/mol. The third-order valence-corrected chi connectivity index (χ3v) is 7.17. The van der Waals surface area contributed by atoms with E-state index in [0.717, 1.165) is 26.4 Å². The van der Waals surface area contributed by atoms with Gasteiger partial charge in [0.2, 0.25) is 5.91 Å². The molecule has 0 atom stereocenters. The SMILES string of the molecule is Cc1nc(SCC(=O)Nc2nc(-c3ccc(F)cc3)cs2)c2c(C)c(C)sc2n1.